The number of H-pyrrole nitrogens is 1. The number of ether oxygens (including phenoxy) is 3. The van der Waals surface area contributed by atoms with E-state index >= 15 is 0 Å². The zero-order chi connectivity index (χ0) is 27.2. The standard InChI is InChI=1S/C24H27F3N3O5S2.ClH/c1-5-34-21(31)12-20(22(32)35-6-2)37-36-13-18-14(3)19(33-4)9-10-30(18)23-28-16-8-7-15(24(25,26)27)11-17(16)29-23;/h7-11,20H,5-6,12-13H2,1-4H3,(H,28,29);1H/q+1;/p-1. The fourth-order valence-electron chi connectivity index (χ4n) is 3.50. The van der Waals surface area contributed by atoms with Gasteiger partial charge in [-0.15, -0.1) is 0 Å². The zero-order valence-corrected chi connectivity index (χ0v) is 23.4. The molecule has 3 rings (SSSR count). The first-order valence-electron chi connectivity index (χ1n) is 11.3. The minimum atomic E-state index is -4.48. The lowest BCUT2D eigenvalue weighted by molar-refractivity contribution is -0.610. The van der Waals surface area contributed by atoms with Gasteiger partial charge in [0.1, 0.15) is 22.2 Å². The highest BCUT2D eigenvalue weighted by Crippen LogP contribution is 2.35. The summed E-state index contributed by atoms with van der Waals surface area (Å²) in [5, 5.41) is -0.768. The monoisotopic (exact) mass is 593 g/mol. The Morgan fingerprint density at radius 2 is 1.87 bits per heavy atom. The van der Waals surface area contributed by atoms with Crippen LogP contribution in [0, 0.1) is 6.92 Å². The number of benzene rings is 1. The number of carbonyl (C=O) groups is 2. The summed E-state index contributed by atoms with van der Waals surface area (Å²) in [5.41, 5.74) is 1.37. The summed E-state index contributed by atoms with van der Waals surface area (Å²) in [6.07, 6.45) is -2.90. The minimum absolute atomic E-state index is 0. The highest BCUT2D eigenvalue weighted by Gasteiger charge is 2.32. The van der Waals surface area contributed by atoms with Crippen molar-refractivity contribution in [2.45, 2.75) is 44.4 Å². The number of aromatic amines is 1. The Morgan fingerprint density at radius 3 is 2.50 bits per heavy atom. The summed E-state index contributed by atoms with van der Waals surface area (Å²) >= 11 is 0. The summed E-state index contributed by atoms with van der Waals surface area (Å²) < 4.78 is 56.7. The number of pyridine rings is 1. The number of carbonyl (C=O) groups excluding carboxylic acids is 2. The molecule has 1 unspecified atom stereocenters. The largest absolute Gasteiger partial charge is 1.00 e. The van der Waals surface area contributed by atoms with Crippen molar-refractivity contribution in [3.05, 3.63) is 47.3 Å². The number of methoxy groups -OCH3 is 1. The molecule has 0 aliphatic heterocycles. The van der Waals surface area contributed by atoms with E-state index < -0.39 is 28.9 Å². The van der Waals surface area contributed by atoms with Crippen LogP contribution < -0.4 is 21.7 Å². The van der Waals surface area contributed by atoms with E-state index in [9.17, 15) is 22.8 Å². The molecule has 1 atom stereocenters. The Balaban J connectivity index is 0.00000507. The maximum Gasteiger partial charge on any atom is 0.416 e. The third-order valence-electron chi connectivity index (χ3n) is 5.30. The molecule has 0 radical (unpaired) electrons. The first-order chi connectivity index (χ1) is 17.6. The molecule has 0 saturated heterocycles. The fraction of sp³-hybridized carbons (Fsp3) is 0.417. The molecule has 1 aromatic carbocycles. The molecule has 0 bridgehead atoms. The van der Waals surface area contributed by atoms with E-state index in [2.05, 4.69) is 9.97 Å². The first-order valence-corrected chi connectivity index (χ1v) is 13.7. The maximum absolute atomic E-state index is 13.2. The third kappa shape index (κ3) is 7.70. The van der Waals surface area contributed by atoms with E-state index in [0.29, 0.717) is 23.0 Å². The van der Waals surface area contributed by atoms with Crippen LogP contribution in [0.5, 0.6) is 5.75 Å². The van der Waals surface area contributed by atoms with Crippen LogP contribution in [-0.2, 0) is 31.0 Å². The smallest absolute Gasteiger partial charge is 0.416 e. The predicted octanol–water partition coefficient (Wildman–Crippen LogP) is 1.95. The summed E-state index contributed by atoms with van der Waals surface area (Å²) in [4.78, 5) is 31.8. The van der Waals surface area contributed by atoms with E-state index in [1.54, 1.807) is 30.7 Å². The normalized spacial score (nSPS) is 12.1. The van der Waals surface area contributed by atoms with Crippen LogP contribution >= 0.6 is 21.6 Å². The second kappa shape index (κ2) is 13.9. The molecule has 38 heavy (non-hydrogen) atoms. The Bertz CT molecular complexity index is 1270. The van der Waals surface area contributed by atoms with Crippen LogP contribution in [0.15, 0.2) is 30.5 Å². The second-order valence-electron chi connectivity index (χ2n) is 7.72. The van der Waals surface area contributed by atoms with Crippen LogP contribution in [0.2, 0.25) is 0 Å². The molecule has 1 N–H and O–H groups in total. The predicted molar refractivity (Wildman–Crippen MR) is 134 cm³/mol. The fourth-order valence-corrected chi connectivity index (χ4v) is 6.02. The molecular formula is C24H27ClF3N3O5S2. The Hall–Kier alpha value is -2.64. The number of halogens is 4. The minimum Gasteiger partial charge on any atom is -1.00 e. The van der Waals surface area contributed by atoms with Gasteiger partial charge in [0.05, 0.1) is 44.3 Å². The number of hydrogen-bond acceptors (Lipinski definition) is 8. The number of hydrogen-bond donors (Lipinski definition) is 1. The lowest BCUT2D eigenvalue weighted by atomic mass is 10.2. The molecule has 8 nitrogen and oxygen atoms in total. The third-order valence-corrected chi connectivity index (χ3v) is 7.88. The van der Waals surface area contributed by atoms with Gasteiger partial charge in [0.25, 0.3) is 0 Å². The van der Waals surface area contributed by atoms with Crippen molar-refractivity contribution in [2.24, 2.45) is 0 Å². The maximum atomic E-state index is 13.2. The number of nitrogens with one attached hydrogen (secondary N) is 1. The average Bonchev–Trinajstić information content (AvgIpc) is 3.27. The van der Waals surface area contributed by atoms with Gasteiger partial charge in [-0.3, -0.25) is 9.59 Å². The second-order valence-corrected chi connectivity index (χ2v) is 10.3. The molecule has 0 aliphatic rings. The summed E-state index contributed by atoms with van der Waals surface area (Å²) in [6, 6.07) is 5.07. The molecule has 0 fully saturated rings. The van der Waals surface area contributed by atoms with Gasteiger partial charge in [-0.25, -0.2) is 9.55 Å². The molecule has 14 heteroatoms. The molecule has 3 aromatic rings. The van der Waals surface area contributed by atoms with Gasteiger partial charge in [-0.05, 0) is 39.0 Å². The molecule has 2 aromatic heterocycles. The molecule has 208 valence electrons. The number of aromatic nitrogens is 3. The average molecular weight is 594 g/mol. The van der Waals surface area contributed by atoms with Crippen LogP contribution in [0.4, 0.5) is 13.2 Å². The highest BCUT2D eigenvalue weighted by atomic mass is 35.5. The molecule has 0 spiro atoms. The van der Waals surface area contributed by atoms with Crippen LogP contribution in [-0.4, -0.2) is 47.5 Å². The van der Waals surface area contributed by atoms with Gasteiger partial charge >= 0.3 is 24.1 Å². The molecule has 2 heterocycles. The van der Waals surface area contributed by atoms with Crippen molar-refractivity contribution in [2.75, 3.05) is 20.3 Å². The van der Waals surface area contributed by atoms with Crippen molar-refractivity contribution in [1.82, 2.24) is 9.97 Å². The van der Waals surface area contributed by atoms with Crippen molar-refractivity contribution >= 4 is 44.6 Å². The number of rotatable bonds is 11. The Kier molecular flexibility index (Phi) is 11.6. The molecule has 0 amide bonds. The number of esters is 2. The number of imidazole rings is 1. The van der Waals surface area contributed by atoms with Crippen molar-refractivity contribution < 1.29 is 53.9 Å². The number of fused-ring (bicyclic) bond motifs is 1. The van der Waals surface area contributed by atoms with Gasteiger partial charge in [0.15, 0.2) is 5.52 Å². The molecule has 0 aliphatic carbocycles. The first kappa shape index (κ1) is 31.6. The van der Waals surface area contributed by atoms with E-state index in [1.165, 1.54) is 34.8 Å². The SMILES string of the molecule is CCOC(=O)CC(SSCc1c(C)c(OC)cc[n+]1-c1nc2cc(C(F)(F)F)ccc2[nH]1)C(=O)OCC.[Cl-]. The molecular weight excluding hydrogens is 567 g/mol. The Labute approximate surface area is 231 Å². The topological polar surface area (TPSA) is 94.4 Å². The van der Waals surface area contributed by atoms with Crippen LogP contribution in [0.3, 0.4) is 0 Å². The van der Waals surface area contributed by atoms with E-state index in [1.807, 2.05) is 6.92 Å². The van der Waals surface area contributed by atoms with Crippen LogP contribution in [0.25, 0.3) is 17.0 Å². The van der Waals surface area contributed by atoms with Gasteiger partial charge in [0, 0.05) is 11.6 Å². The van der Waals surface area contributed by atoms with Crippen molar-refractivity contribution in [3.8, 4) is 11.7 Å². The van der Waals surface area contributed by atoms with Gasteiger partial charge in [0.2, 0.25) is 0 Å². The summed E-state index contributed by atoms with van der Waals surface area (Å²) in [6.45, 7) is 5.61. The van der Waals surface area contributed by atoms with Crippen molar-refractivity contribution in [3.63, 3.8) is 0 Å². The highest BCUT2D eigenvalue weighted by molar-refractivity contribution is 8.76. The van der Waals surface area contributed by atoms with E-state index in [0.717, 1.165) is 23.4 Å². The van der Waals surface area contributed by atoms with Gasteiger partial charge in [-0.2, -0.15) is 13.2 Å². The number of alkyl halides is 3. The summed E-state index contributed by atoms with van der Waals surface area (Å²) in [7, 11) is 4.05. The van der Waals surface area contributed by atoms with Crippen molar-refractivity contribution in [1.29, 1.82) is 0 Å². The van der Waals surface area contributed by atoms with Gasteiger partial charge in [-0.1, -0.05) is 26.6 Å². The van der Waals surface area contributed by atoms with Gasteiger partial charge < -0.3 is 26.6 Å². The summed E-state index contributed by atoms with van der Waals surface area (Å²) in [5.74, 6) is 0.287. The quantitative estimate of drug-likeness (QED) is 0.205. The lowest BCUT2D eigenvalue weighted by Gasteiger charge is -2.15. The van der Waals surface area contributed by atoms with E-state index in [4.69, 9.17) is 14.2 Å². The number of nitrogens with zero attached hydrogens (tertiary/aromatic N) is 2. The Morgan fingerprint density at radius 1 is 1.16 bits per heavy atom. The van der Waals surface area contributed by atoms with Crippen LogP contribution in [0.1, 0.15) is 37.1 Å². The molecule has 0 saturated carbocycles. The van der Waals surface area contributed by atoms with E-state index in [-0.39, 0.29) is 37.6 Å². The lowest BCUT2D eigenvalue weighted by Crippen LogP contribution is -3.00. The zero-order valence-electron chi connectivity index (χ0n) is 21.1.